The largest absolute Gasteiger partial charge is 0.324 e. The highest BCUT2D eigenvalue weighted by Crippen LogP contribution is 2.14. The second-order valence-corrected chi connectivity index (χ2v) is 7.54. The third-order valence-electron chi connectivity index (χ3n) is 3.62. The highest BCUT2D eigenvalue weighted by Gasteiger charge is 2.10. The van der Waals surface area contributed by atoms with E-state index < -0.39 is 9.84 Å². The molecule has 0 atom stereocenters. The standard InChI is InChI=1S/C17H15N3O4S/c1-25(23,24)13-8-6-12(7-9-13)19-17(22)11-20-15-5-3-2-4-14(15)16(21)10-18-20/h2-10H,11H2,1H3,(H,19,22). The maximum Gasteiger partial charge on any atom is 0.246 e. The van der Waals surface area contributed by atoms with Crippen LogP contribution < -0.4 is 10.7 Å². The number of benzene rings is 2. The van der Waals surface area contributed by atoms with Crippen LogP contribution in [0, 0.1) is 0 Å². The molecular formula is C17H15N3O4S. The highest BCUT2D eigenvalue weighted by molar-refractivity contribution is 7.90. The fourth-order valence-electron chi connectivity index (χ4n) is 2.41. The molecule has 0 unspecified atom stereocenters. The SMILES string of the molecule is CS(=O)(=O)c1ccc(NC(=O)Cn2ncc(=O)c3ccccc32)cc1. The molecule has 0 aliphatic carbocycles. The first-order valence-electron chi connectivity index (χ1n) is 7.39. The van der Waals surface area contributed by atoms with Gasteiger partial charge in [-0.1, -0.05) is 12.1 Å². The maximum absolute atomic E-state index is 12.2. The monoisotopic (exact) mass is 357 g/mol. The second-order valence-electron chi connectivity index (χ2n) is 5.53. The van der Waals surface area contributed by atoms with Crippen LogP contribution in [0.15, 0.2) is 64.4 Å². The molecule has 1 amide bonds. The molecule has 8 heteroatoms. The van der Waals surface area contributed by atoms with Gasteiger partial charge in [0.05, 0.1) is 16.6 Å². The van der Waals surface area contributed by atoms with Crippen LogP contribution in [-0.2, 0) is 21.2 Å². The van der Waals surface area contributed by atoms with E-state index in [1.165, 1.54) is 35.1 Å². The predicted molar refractivity (Wildman–Crippen MR) is 94.2 cm³/mol. The lowest BCUT2D eigenvalue weighted by atomic mass is 10.2. The van der Waals surface area contributed by atoms with Gasteiger partial charge in [-0.2, -0.15) is 5.10 Å². The van der Waals surface area contributed by atoms with Gasteiger partial charge in [-0.25, -0.2) is 8.42 Å². The number of anilines is 1. The summed E-state index contributed by atoms with van der Waals surface area (Å²) in [4.78, 5) is 24.2. The number of nitrogens with one attached hydrogen (secondary N) is 1. The van der Waals surface area contributed by atoms with Gasteiger partial charge in [0.1, 0.15) is 6.54 Å². The zero-order valence-electron chi connectivity index (χ0n) is 13.3. The third-order valence-corrected chi connectivity index (χ3v) is 4.75. The molecule has 1 N–H and O–H groups in total. The summed E-state index contributed by atoms with van der Waals surface area (Å²) < 4.78 is 24.3. The highest BCUT2D eigenvalue weighted by atomic mass is 32.2. The molecule has 3 aromatic rings. The maximum atomic E-state index is 12.2. The number of hydrogen-bond donors (Lipinski definition) is 1. The summed E-state index contributed by atoms with van der Waals surface area (Å²) in [5.74, 6) is -0.339. The van der Waals surface area contributed by atoms with Gasteiger partial charge in [-0.3, -0.25) is 14.3 Å². The van der Waals surface area contributed by atoms with Gasteiger partial charge in [0.2, 0.25) is 11.3 Å². The van der Waals surface area contributed by atoms with E-state index in [0.717, 1.165) is 6.26 Å². The Hall–Kier alpha value is -3.00. The molecule has 1 heterocycles. The molecular weight excluding hydrogens is 342 g/mol. The average Bonchev–Trinajstić information content (AvgIpc) is 2.57. The summed E-state index contributed by atoms with van der Waals surface area (Å²) in [6, 6.07) is 12.8. The first-order chi connectivity index (χ1) is 11.8. The van der Waals surface area contributed by atoms with Crippen molar-refractivity contribution in [2.75, 3.05) is 11.6 Å². The van der Waals surface area contributed by atoms with Crippen LogP contribution >= 0.6 is 0 Å². The summed E-state index contributed by atoms with van der Waals surface area (Å²) in [6.45, 7) is -0.0748. The molecule has 0 spiro atoms. The van der Waals surface area contributed by atoms with E-state index in [1.54, 1.807) is 24.3 Å². The molecule has 0 saturated heterocycles. The number of carbonyl (C=O) groups excluding carboxylic acids is 1. The molecule has 25 heavy (non-hydrogen) atoms. The lowest BCUT2D eigenvalue weighted by molar-refractivity contribution is -0.116. The zero-order chi connectivity index (χ0) is 18.0. The first-order valence-corrected chi connectivity index (χ1v) is 9.28. The molecule has 0 radical (unpaired) electrons. The van der Waals surface area contributed by atoms with Crippen molar-refractivity contribution in [3.05, 3.63) is 65.0 Å². The summed E-state index contributed by atoms with van der Waals surface area (Å²) in [5, 5.41) is 7.16. The van der Waals surface area contributed by atoms with E-state index in [9.17, 15) is 18.0 Å². The molecule has 3 rings (SSSR count). The Morgan fingerprint density at radius 2 is 1.80 bits per heavy atom. The van der Waals surface area contributed by atoms with Gasteiger partial charge in [-0.05, 0) is 36.4 Å². The van der Waals surface area contributed by atoms with Gasteiger partial charge in [0.15, 0.2) is 9.84 Å². The van der Waals surface area contributed by atoms with Crippen molar-refractivity contribution in [3.63, 3.8) is 0 Å². The minimum absolute atomic E-state index is 0.0748. The third kappa shape index (κ3) is 3.74. The van der Waals surface area contributed by atoms with Gasteiger partial charge >= 0.3 is 0 Å². The second kappa shape index (κ2) is 6.48. The van der Waals surface area contributed by atoms with Crippen molar-refractivity contribution in [2.45, 2.75) is 11.4 Å². The van der Waals surface area contributed by atoms with Crippen LogP contribution in [0.1, 0.15) is 0 Å². The van der Waals surface area contributed by atoms with E-state index in [2.05, 4.69) is 10.4 Å². The number of para-hydroxylation sites is 1. The van der Waals surface area contributed by atoms with Crippen molar-refractivity contribution in [2.24, 2.45) is 0 Å². The lowest BCUT2D eigenvalue weighted by Crippen LogP contribution is -2.22. The van der Waals surface area contributed by atoms with Crippen LogP contribution in [0.4, 0.5) is 5.69 Å². The van der Waals surface area contributed by atoms with Crippen molar-refractivity contribution in [1.82, 2.24) is 9.78 Å². The van der Waals surface area contributed by atoms with E-state index in [-0.39, 0.29) is 22.8 Å². The molecule has 0 aliphatic heterocycles. The molecule has 7 nitrogen and oxygen atoms in total. The Morgan fingerprint density at radius 1 is 1.12 bits per heavy atom. The number of sulfone groups is 1. The zero-order valence-corrected chi connectivity index (χ0v) is 14.2. The predicted octanol–water partition coefficient (Wildman–Crippen LogP) is 1.44. The van der Waals surface area contributed by atoms with E-state index in [4.69, 9.17) is 0 Å². The van der Waals surface area contributed by atoms with Crippen molar-refractivity contribution in [1.29, 1.82) is 0 Å². The Morgan fingerprint density at radius 3 is 2.48 bits per heavy atom. The molecule has 128 valence electrons. The van der Waals surface area contributed by atoms with Crippen LogP contribution in [0.25, 0.3) is 10.9 Å². The molecule has 0 bridgehead atoms. The minimum atomic E-state index is -3.28. The van der Waals surface area contributed by atoms with Crippen LogP contribution in [0.2, 0.25) is 0 Å². The van der Waals surface area contributed by atoms with Gasteiger partial charge in [-0.15, -0.1) is 0 Å². The Kier molecular flexibility index (Phi) is 4.37. The van der Waals surface area contributed by atoms with Gasteiger partial charge < -0.3 is 5.32 Å². The van der Waals surface area contributed by atoms with E-state index >= 15 is 0 Å². The number of aromatic nitrogens is 2. The molecule has 0 aliphatic rings. The van der Waals surface area contributed by atoms with Crippen LogP contribution in [-0.4, -0.2) is 30.4 Å². The van der Waals surface area contributed by atoms with Gasteiger partial charge in [0, 0.05) is 17.3 Å². The summed E-state index contributed by atoms with van der Waals surface area (Å²) >= 11 is 0. The summed E-state index contributed by atoms with van der Waals surface area (Å²) in [6.07, 6.45) is 2.30. The van der Waals surface area contributed by atoms with Crippen LogP contribution in [0.5, 0.6) is 0 Å². The fraction of sp³-hybridized carbons (Fsp3) is 0.118. The van der Waals surface area contributed by atoms with Crippen molar-refractivity contribution >= 4 is 32.3 Å². The van der Waals surface area contributed by atoms with Gasteiger partial charge in [0.25, 0.3) is 0 Å². The quantitative estimate of drug-likeness (QED) is 0.762. The lowest BCUT2D eigenvalue weighted by Gasteiger charge is -2.10. The van der Waals surface area contributed by atoms with Crippen molar-refractivity contribution in [3.8, 4) is 0 Å². The number of amides is 1. The fourth-order valence-corrected chi connectivity index (χ4v) is 3.04. The molecule has 2 aromatic carbocycles. The van der Waals surface area contributed by atoms with E-state index in [0.29, 0.717) is 16.6 Å². The smallest absolute Gasteiger partial charge is 0.246 e. The number of rotatable bonds is 4. The molecule has 0 fully saturated rings. The summed E-state index contributed by atoms with van der Waals surface area (Å²) in [7, 11) is -3.28. The molecule has 1 aromatic heterocycles. The normalized spacial score (nSPS) is 11.4. The Labute approximate surface area is 143 Å². The number of fused-ring (bicyclic) bond motifs is 1. The Bertz CT molecular complexity index is 1100. The number of carbonyl (C=O) groups is 1. The van der Waals surface area contributed by atoms with Crippen molar-refractivity contribution < 1.29 is 13.2 Å². The van der Waals surface area contributed by atoms with Crippen LogP contribution in [0.3, 0.4) is 0 Å². The number of hydrogen-bond acceptors (Lipinski definition) is 5. The molecule has 0 saturated carbocycles. The van der Waals surface area contributed by atoms with E-state index in [1.807, 2.05) is 0 Å². The minimum Gasteiger partial charge on any atom is -0.324 e. The first kappa shape index (κ1) is 16.8. The average molecular weight is 357 g/mol. The summed E-state index contributed by atoms with van der Waals surface area (Å²) in [5.41, 5.74) is 0.837. The number of nitrogens with zero attached hydrogens (tertiary/aromatic N) is 2. The topological polar surface area (TPSA) is 98.1 Å². The Balaban J connectivity index is 1.80.